The molecule has 3 aromatic rings. The van der Waals surface area contributed by atoms with E-state index in [0.29, 0.717) is 11.5 Å². The number of halogens is 1. The highest BCUT2D eigenvalue weighted by Gasteiger charge is 2.38. The summed E-state index contributed by atoms with van der Waals surface area (Å²) in [5.74, 6) is -0.707. The molecule has 160 valence electrons. The van der Waals surface area contributed by atoms with E-state index in [1.165, 1.54) is 17.7 Å². The number of hydrogen-bond donors (Lipinski definition) is 1. The van der Waals surface area contributed by atoms with Crippen LogP contribution in [-0.2, 0) is 12.0 Å². The molecule has 1 aliphatic rings. The first-order valence-corrected chi connectivity index (χ1v) is 10.8. The molecule has 1 N–H and O–H groups in total. The maximum Gasteiger partial charge on any atom is 0.335 e. The molecule has 3 aromatic carbocycles. The number of carboxylic acids is 1. The fourth-order valence-corrected chi connectivity index (χ4v) is 4.65. The number of likely N-dealkylation sites (tertiary alicyclic amines) is 1. The third kappa shape index (κ3) is 4.54. The van der Waals surface area contributed by atoms with E-state index in [4.69, 9.17) is 0 Å². The Bertz CT molecular complexity index is 1080. The van der Waals surface area contributed by atoms with Gasteiger partial charge in [-0.15, -0.1) is 0 Å². The van der Waals surface area contributed by atoms with Crippen molar-refractivity contribution < 1.29 is 14.3 Å². The van der Waals surface area contributed by atoms with Crippen molar-refractivity contribution in [3.8, 4) is 11.1 Å². The maximum atomic E-state index is 13.2. The quantitative estimate of drug-likeness (QED) is 0.554. The minimum atomic E-state index is -0.878. The van der Waals surface area contributed by atoms with Crippen LogP contribution in [0.4, 0.5) is 4.39 Å². The molecule has 0 radical (unpaired) electrons. The molecule has 1 heterocycles. The van der Waals surface area contributed by atoms with Gasteiger partial charge >= 0.3 is 5.97 Å². The molecule has 0 amide bonds. The number of hydrogen-bond acceptors (Lipinski definition) is 2. The summed E-state index contributed by atoms with van der Waals surface area (Å²) >= 11 is 0. The fraction of sp³-hybridized carbons (Fsp3) is 0.296. The second-order valence-corrected chi connectivity index (χ2v) is 8.90. The lowest BCUT2D eigenvalue weighted by molar-refractivity contribution is 0.0696. The van der Waals surface area contributed by atoms with Crippen molar-refractivity contribution in [3.05, 3.63) is 95.3 Å². The zero-order chi connectivity index (χ0) is 22.0. The van der Waals surface area contributed by atoms with E-state index >= 15 is 0 Å². The molecule has 1 unspecified atom stereocenters. The van der Waals surface area contributed by atoms with Crippen molar-refractivity contribution >= 4 is 5.97 Å². The van der Waals surface area contributed by atoms with Crippen LogP contribution >= 0.6 is 0 Å². The van der Waals surface area contributed by atoms with Crippen LogP contribution in [0.25, 0.3) is 11.1 Å². The second-order valence-electron chi connectivity index (χ2n) is 8.90. The number of benzene rings is 3. The van der Waals surface area contributed by atoms with E-state index in [0.717, 1.165) is 42.7 Å². The molecule has 31 heavy (non-hydrogen) atoms. The van der Waals surface area contributed by atoms with Crippen molar-refractivity contribution in [1.29, 1.82) is 0 Å². The zero-order valence-corrected chi connectivity index (χ0v) is 18.0. The van der Waals surface area contributed by atoms with Gasteiger partial charge in [0.25, 0.3) is 0 Å². The van der Waals surface area contributed by atoms with Gasteiger partial charge in [-0.05, 0) is 76.9 Å². The number of piperidine rings is 1. The van der Waals surface area contributed by atoms with Crippen LogP contribution in [-0.4, -0.2) is 29.1 Å². The van der Waals surface area contributed by atoms with Crippen molar-refractivity contribution in [2.75, 3.05) is 13.1 Å². The van der Waals surface area contributed by atoms with Gasteiger partial charge in [0.1, 0.15) is 5.82 Å². The molecule has 0 saturated carbocycles. The Morgan fingerprint density at radius 1 is 1.06 bits per heavy atom. The summed E-state index contributed by atoms with van der Waals surface area (Å²) in [5, 5.41) is 9.36. The van der Waals surface area contributed by atoms with E-state index in [1.54, 1.807) is 6.07 Å². The molecule has 0 aromatic heterocycles. The zero-order valence-electron chi connectivity index (χ0n) is 18.0. The van der Waals surface area contributed by atoms with Crippen LogP contribution in [0, 0.1) is 11.7 Å². The average Bonchev–Trinajstić information content (AvgIpc) is 2.77. The van der Waals surface area contributed by atoms with Gasteiger partial charge in [0.15, 0.2) is 0 Å². The van der Waals surface area contributed by atoms with E-state index < -0.39 is 5.97 Å². The molecule has 1 saturated heterocycles. The molecule has 1 aliphatic heterocycles. The van der Waals surface area contributed by atoms with Crippen molar-refractivity contribution in [1.82, 2.24) is 4.90 Å². The number of carbonyl (C=O) groups is 1. The first-order valence-electron chi connectivity index (χ1n) is 10.8. The monoisotopic (exact) mass is 417 g/mol. The molecule has 3 nitrogen and oxygen atoms in total. The summed E-state index contributed by atoms with van der Waals surface area (Å²) < 4.78 is 13.2. The Kier molecular flexibility index (Phi) is 5.92. The van der Waals surface area contributed by atoms with Crippen LogP contribution in [0.15, 0.2) is 72.8 Å². The van der Waals surface area contributed by atoms with Crippen molar-refractivity contribution in [2.24, 2.45) is 5.92 Å². The van der Waals surface area contributed by atoms with Crippen LogP contribution in [0.3, 0.4) is 0 Å². The molecule has 0 spiro atoms. The summed E-state index contributed by atoms with van der Waals surface area (Å²) in [6.07, 6.45) is 0.981. The van der Waals surface area contributed by atoms with Crippen molar-refractivity contribution in [2.45, 2.75) is 32.2 Å². The Morgan fingerprint density at radius 2 is 1.81 bits per heavy atom. The van der Waals surface area contributed by atoms with Gasteiger partial charge in [-0.25, -0.2) is 9.18 Å². The first kappa shape index (κ1) is 21.3. The van der Waals surface area contributed by atoms with Gasteiger partial charge in [0.05, 0.1) is 5.56 Å². The minimum Gasteiger partial charge on any atom is -0.478 e. The summed E-state index contributed by atoms with van der Waals surface area (Å²) in [7, 11) is 0. The standard InChI is InChI=1S/C27H28FNO2/c1-19-17-29(14-13-27(19,2)24-8-4-7-23(16-24)26(30)31)18-20-5-3-6-22(15-20)21-9-11-25(28)12-10-21/h3-12,15-16,19H,13-14,17-18H2,1-2H3,(H,30,31)/t19?,27-/m1/s1. The highest BCUT2D eigenvalue weighted by atomic mass is 19.1. The third-order valence-corrected chi connectivity index (χ3v) is 6.85. The van der Waals surface area contributed by atoms with Gasteiger partial charge in [0.2, 0.25) is 0 Å². The Balaban J connectivity index is 1.47. The highest BCUT2D eigenvalue weighted by molar-refractivity contribution is 5.87. The van der Waals surface area contributed by atoms with Gasteiger partial charge < -0.3 is 5.11 Å². The third-order valence-electron chi connectivity index (χ3n) is 6.85. The number of rotatable bonds is 5. The molecule has 0 bridgehead atoms. The van der Waals surface area contributed by atoms with Crippen molar-refractivity contribution in [3.63, 3.8) is 0 Å². The number of aromatic carboxylic acids is 1. The predicted octanol–water partition coefficient (Wildman–Crippen LogP) is 5.99. The maximum absolute atomic E-state index is 13.2. The fourth-order valence-electron chi connectivity index (χ4n) is 4.65. The highest BCUT2D eigenvalue weighted by Crippen LogP contribution is 2.40. The average molecular weight is 418 g/mol. The molecular weight excluding hydrogens is 389 g/mol. The minimum absolute atomic E-state index is 0.0437. The van der Waals surface area contributed by atoms with Gasteiger partial charge in [0, 0.05) is 13.1 Å². The molecule has 4 heteroatoms. The number of nitrogens with zero attached hydrogens (tertiary/aromatic N) is 1. The van der Waals surface area contributed by atoms with Gasteiger partial charge in [-0.3, -0.25) is 4.90 Å². The van der Waals surface area contributed by atoms with E-state index in [9.17, 15) is 14.3 Å². The van der Waals surface area contributed by atoms with Crippen LogP contribution in [0.2, 0.25) is 0 Å². The van der Waals surface area contributed by atoms with Crippen LogP contribution in [0.1, 0.15) is 41.8 Å². The molecule has 0 aliphatic carbocycles. The lowest BCUT2D eigenvalue weighted by atomic mass is 9.68. The predicted molar refractivity (Wildman–Crippen MR) is 122 cm³/mol. The Hall–Kier alpha value is -2.98. The molecule has 4 rings (SSSR count). The smallest absolute Gasteiger partial charge is 0.335 e. The van der Waals surface area contributed by atoms with Crippen LogP contribution in [0.5, 0.6) is 0 Å². The normalized spacial score (nSPS) is 21.7. The van der Waals surface area contributed by atoms with Crippen LogP contribution < -0.4 is 0 Å². The first-order chi connectivity index (χ1) is 14.8. The van der Waals surface area contributed by atoms with E-state index in [1.807, 2.05) is 24.3 Å². The van der Waals surface area contributed by atoms with Gasteiger partial charge in [-0.2, -0.15) is 0 Å². The van der Waals surface area contributed by atoms with E-state index in [2.05, 4.69) is 49.1 Å². The van der Waals surface area contributed by atoms with E-state index in [-0.39, 0.29) is 11.2 Å². The largest absolute Gasteiger partial charge is 0.478 e. The summed E-state index contributed by atoms with van der Waals surface area (Å²) in [5.41, 5.74) is 4.77. The summed E-state index contributed by atoms with van der Waals surface area (Å²) in [6, 6.07) is 22.5. The molecule has 2 atom stereocenters. The topological polar surface area (TPSA) is 40.5 Å². The SMILES string of the molecule is CC1CN(Cc2cccc(-c3ccc(F)cc3)c2)CC[C@@]1(C)c1cccc(C(=O)O)c1. The Morgan fingerprint density at radius 3 is 2.52 bits per heavy atom. The van der Waals surface area contributed by atoms with Gasteiger partial charge in [-0.1, -0.05) is 56.3 Å². The lowest BCUT2D eigenvalue weighted by Crippen LogP contribution is -2.47. The molecule has 1 fully saturated rings. The lowest BCUT2D eigenvalue weighted by Gasteiger charge is -2.45. The molecular formula is C27H28FNO2. The number of carboxylic acid groups (broad SMARTS) is 1. The summed E-state index contributed by atoms with van der Waals surface area (Å²) in [4.78, 5) is 13.9. The summed E-state index contributed by atoms with van der Waals surface area (Å²) in [6.45, 7) is 7.29. The Labute approximate surface area is 183 Å². The second kappa shape index (κ2) is 8.64.